The van der Waals surface area contributed by atoms with Crippen LogP contribution in [0.1, 0.15) is 81.0 Å². The average molecular weight is 796 g/mol. The molecule has 6 rings (SSSR count). The maximum absolute atomic E-state index is 14.5. The molecule has 4 aromatic rings. The Morgan fingerprint density at radius 3 is 1.97 bits per heavy atom. The molecule has 4 N–H and O–H groups in total. The van der Waals surface area contributed by atoms with Gasteiger partial charge in [-0.3, -0.25) is 24.1 Å². The number of amides is 4. The van der Waals surface area contributed by atoms with Gasteiger partial charge < -0.3 is 26.0 Å². The molecule has 4 aromatic carbocycles. The van der Waals surface area contributed by atoms with E-state index in [4.69, 9.17) is 4.74 Å². The zero-order valence-corrected chi connectivity index (χ0v) is 33.2. The Kier molecular flexibility index (Phi) is 15.3. The van der Waals surface area contributed by atoms with Gasteiger partial charge in [-0.1, -0.05) is 86.5 Å². The van der Waals surface area contributed by atoms with Crippen LogP contribution in [0.4, 0.5) is 8.78 Å². The fourth-order valence-electron chi connectivity index (χ4n) is 8.00. The molecular formula is C46H55F2N5O5. The summed E-state index contributed by atoms with van der Waals surface area (Å²) in [5, 5.41) is 14.0. The van der Waals surface area contributed by atoms with Crippen LogP contribution in [-0.4, -0.2) is 79.5 Å². The number of ether oxygens (including phenoxy) is 1. The van der Waals surface area contributed by atoms with Gasteiger partial charge in [0.05, 0.1) is 19.3 Å². The summed E-state index contributed by atoms with van der Waals surface area (Å²) in [7, 11) is 0. The number of fused-ring (bicyclic) bond motifs is 1. The van der Waals surface area contributed by atoms with Gasteiger partial charge in [0.15, 0.2) is 0 Å². The topological polar surface area (TPSA) is 129 Å². The third kappa shape index (κ3) is 11.9. The van der Waals surface area contributed by atoms with Crippen molar-refractivity contribution in [2.75, 3.05) is 32.8 Å². The first-order valence-electron chi connectivity index (χ1n) is 20.7. The van der Waals surface area contributed by atoms with Gasteiger partial charge in [-0.25, -0.2) is 8.78 Å². The van der Waals surface area contributed by atoms with Crippen molar-refractivity contribution in [2.45, 2.75) is 88.9 Å². The zero-order valence-electron chi connectivity index (χ0n) is 33.2. The maximum atomic E-state index is 14.5. The van der Waals surface area contributed by atoms with Gasteiger partial charge in [0.25, 0.3) is 0 Å². The highest BCUT2D eigenvalue weighted by Crippen LogP contribution is 2.29. The van der Waals surface area contributed by atoms with Crippen LogP contribution >= 0.6 is 0 Å². The summed E-state index contributed by atoms with van der Waals surface area (Å²) in [6, 6.07) is 21.7. The second-order valence-electron chi connectivity index (χ2n) is 15.4. The molecule has 1 saturated carbocycles. The van der Waals surface area contributed by atoms with Gasteiger partial charge in [0, 0.05) is 25.9 Å². The van der Waals surface area contributed by atoms with Crippen molar-refractivity contribution in [1.82, 2.24) is 26.2 Å². The molecule has 0 aromatic heterocycles. The Hall–Kier alpha value is -5.20. The fraction of sp³-hybridized carbons (Fsp3) is 0.435. The van der Waals surface area contributed by atoms with Crippen molar-refractivity contribution < 1.29 is 32.7 Å². The summed E-state index contributed by atoms with van der Waals surface area (Å²) in [6.07, 6.45) is 5.41. The summed E-state index contributed by atoms with van der Waals surface area (Å²) in [5.41, 5.74) is 2.03. The highest BCUT2D eigenvalue weighted by molar-refractivity contribution is 5.95. The van der Waals surface area contributed by atoms with E-state index in [1.165, 1.54) is 24.3 Å². The molecule has 2 fully saturated rings. The van der Waals surface area contributed by atoms with Crippen molar-refractivity contribution in [2.24, 2.45) is 5.92 Å². The highest BCUT2D eigenvalue weighted by atomic mass is 19.1. The van der Waals surface area contributed by atoms with Crippen LogP contribution in [0.2, 0.25) is 0 Å². The number of morpholine rings is 1. The third-order valence-corrected chi connectivity index (χ3v) is 11.3. The first-order valence-corrected chi connectivity index (χ1v) is 20.7. The molecule has 58 heavy (non-hydrogen) atoms. The summed E-state index contributed by atoms with van der Waals surface area (Å²) in [5.74, 6) is -2.73. The Labute approximate surface area is 339 Å². The summed E-state index contributed by atoms with van der Waals surface area (Å²) in [6.45, 7) is 5.56. The molecule has 0 spiro atoms. The van der Waals surface area contributed by atoms with Gasteiger partial charge in [0.2, 0.25) is 23.6 Å². The third-order valence-electron chi connectivity index (χ3n) is 11.3. The number of carbonyl (C=O) groups excluding carboxylic acids is 4. The smallest absolute Gasteiger partial charge is 0.243 e. The lowest BCUT2D eigenvalue weighted by molar-refractivity contribution is -0.135. The predicted octanol–water partition coefficient (Wildman–Crippen LogP) is 6.12. The van der Waals surface area contributed by atoms with E-state index in [1.807, 2.05) is 42.5 Å². The van der Waals surface area contributed by atoms with Crippen LogP contribution in [0.15, 0.2) is 91.0 Å². The number of unbranched alkanes of at least 4 members (excludes halogenated alkanes) is 1. The van der Waals surface area contributed by atoms with Crippen molar-refractivity contribution in [3.8, 4) is 0 Å². The van der Waals surface area contributed by atoms with Crippen LogP contribution in [0.3, 0.4) is 0 Å². The van der Waals surface area contributed by atoms with E-state index in [0.29, 0.717) is 37.2 Å². The van der Waals surface area contributed by atoms with Gasteiger partial charge in [0.1, 0.15) is 29.8 Å². The van der Waals surface area contributed by atoms with E-state index in [0.717, 1.165) is 68.1 Å². The molecule has 1 aliphatic carbocycles. The van der Waals surface area contributed by atoms with E-state index >= 15 is 0 Å². The van der Waals surface area contributed by atoms with E-state index in [-0.39, 0.29) is 24.7 Å². The lowest BCUT2D eigenvalue weighted by Crippen LogP contribution is -2.59. The molecule has 0 unspecified atom stereocenters. The Morgan fingerprint density at radius 1 is 0.707 bits per heavy atom. The minimum Gasteiger partial charge on any atom is -0.379 e. The molecular weight excluding hydrogens is 741 g/mol. The van der Waals surface area contributed by atoms with Crippen LogP contribution in [0, 0.1) is 17.6 Å². The van der Waals surface area contributed by atoms with Gasteiger partial charge in [-0.05, 0) is 96.3 Å². The van der Waals surface area contributed by atoms with Crippen molar-refractivity contribution in [3.63, 3.8) is 0 Å². The zero-order chi connectivity index (χ0) is 40.9. The summed E-state index contributed by atoms with van der Waals surface area (Å²) in [4.78, 5) is 58.0. The van der Waals surface area contributed by atoms with Crippen molar-refractivity contribution in [3.05, 3.63) is 119 Å². The lowest BCUT2D eigenvalue weighted by Gasteiger charge is -2.30. The van der Waals surface area contributed by atoms with Crippen LogP contribution < -0.4 is 21.3 Å². The molecule has 0 radical (unpaired) electrons. The van der Waals surface area contributed by atoms with Crippen LogP contribution in [0.5, 0.6) is 0 Å². The number of nitrogens with one attached hydrogen (secondary N) is 4. The Bertz CT molecular complexity index is 1940. The number of halogens is 2. The molecule has 0 bridgehead atoms. The Morgan fingerprint density at radius 2 is 1.33 bits per heavy atom. The quantitative estimate of drug-likeness (QED) is 0.0899. The predicted molar refractivity (Wildman–Crippen MR) is 220 cm³/mol. The molecule has 308 valence electrons. The standard InChI is InChI=1S/C46H55F2N5O5/c1-2-41(54)49-40(30-31-14-15-32-9-3-6-12-36(32)29-31)45(56)52-43(33-10-4-5-11-33)46(57)50-39(13-7-8-24-53-25-27-58-28-26-53)44(55)51-42(34-16-20-37(47)21-17-34)35-18-22-38(48)23-19-35/h3,6,9,12,14-23,29,33,39-40,42-43H,2,4-5,7-8,10-11,13,24-28,30H2,1H3,(H,49,54)(H,50,57)(H,51,55)(H,52,56)/t39-,40-,43-/m0/s1. The van der Waals surface area contributed by atoms with Crippen molar-refractivity contribution in [1.29, 1.82) is 0 Å². The number of rotatable bonds is 18. The minimum absolute atomic E-state index is 0.164. The largest absolute Gasteiger partial charge is 0.379 e. The van der Waals surface area contributed by atoms with Gasteiger partial charge in [-0.2, -0.15) is 0 Å². The number of hydrogen-bond donors (Lipinski definition) is 4. The molecule has 3 atom stereocenters. The number of nitrogens with zero attached hydrogens (tertiary/aromatic N) is 1. The van der Waals surface area contributed by atoms with E-state index < -0.39 is 53.5 Å². The normalized spacial score (nSPS) is 16.4. The van der Waals surface area contributed by atoms with E-state index in [1.54, 1.807) is 31.2 Å². The highest BCUT2D eigenvalue weighted by Gasteiger charge is 2.36. The first kappa shape index (κ1) is 42.4. The molecule has 1 aliphatic heterocycles. The fourth-order valence-corrected chi connectivity index (χ4v) is 8.00. The summed E-state index contributed by atoms with van der Waals surface area (Å²) >= 11 is 0. The first-order chi connectivity index (χ1) is 28.2. The van der Waals surface area contributed by atoms with Crippen molar-refractivity contribution >= 4 is 34.4 Å². The average Bonchev–Trinajstić information content (AvgIpc) is 3.78. The SMILES string of the molecule is CCC(=O)N[C@@H](Cc1ccc2ccccc2c1)C(=O)N[C@H](C(=O)N[C@@H](CCCCN1CCOCC1)C(=O)NC(c1ccc(F)cc1)c1ccc(F)cc1)C1CCCC1. The second-order valence-corrected chi connectivity index (χ2v) is 15.4. The number of benzene rings is 4. The van der Waals surface area contributed by atoms with Crippen LogP contribution in [0.25, 0.3) is 10.8 Å². The van der Waals surface area contributed by atoms with E-state index in [9.17, 15) is 28.0 Å². The molecule has 10 nitrogen and oxygen atoms in total. The molecule has 1 heterocycles. The monoisotopic (exact) mass is 795 g/mol. The molecule has 1 saturated heterocycles. The molecule has 2 aliphatic rings. The lowest BCUT2D eigenvalue weighted by atomic mass is 9.95. The van der Waals surface area contributed by atoms with Crippen LogP contribution in [-0.2, 0) is 30.3 Å². The molecule has 12 heteroatoms. The maximum Gasteiger partial charge on any atom is 0.243 e. The number of hydrogen-bond acceptors (Lipinski definition) is 6. The second kappa shape index (κ2) is 21.0. The van der Waals surface area contributed by atoms with Gasteiger partial charge >= 0.3 is 0 Å². The number of carbonyl (C=O) groups is 4. The minimum atomic E-state index is -0.977. The van der Waals surface area contributed by atoms with Gasteiger partial charge in [-0.15, -0.1) is 0 Å². The molecule has 4 amide bonds. The van der Waals surface area contributed by atoms with E-state index in [2.05, 4.69) is 26.2 Å². The Balaban J connectivity index is 1.22. The summed E-state index contributed by atoms with van der Waals surface area (Å²) < 4.78 is 33.5.